The first-order valence-corrected chi connectivity index (χ1v) is 12.8. The van der Waals surface area contributed by atoms with Crippen LogP contribution in [0.25, 0.3) is 0 Å². The van der Waals surface area contributed by atoms with Crippen molar-refractivity contribution in [3.63, 3.8) is 0 Å². The van der Waals surface area contributed by atoms with E-state index in [-0.39, 0.29) is 5.92 Å². The third-order valence-electron chi connectivity index (χ3n) is 6.28. The Morgan fingerprint density at radius 3 is 1.55 bits per heavy atom. The summed E-state index contributed by atoms with van der Waals surface area (Å²) in [6.45, 7) is 4.53. The minimum atomic E-state index is -0.886. The fourth-order valence-electron chi connectivity index (χ4n) is 4.58. The molecule has 3 rings (SSSR count). The van der Waals surface area contributed by atoms with Gasteiger partial charge in [0, 0.05) is 11.5 Å². The van der Waals surface area contributed by atoms with Gasteiger partial charge < -0.3 is 9.47 Å². The van der Waals surface area contributed by atoms with E-state index < -0.39 is 5.79 Å². The molecule has 0 saturated heterocycles. The summed E-state index contributed by atoms with van der Waals surface area (Å²) in [5.74, 6) is 1.02. The Hall–Kier alpha value is -2.74. The third-order valence-corrected chi connectivity index (χ3v) is 6.28. The summed E-state index contributed by atoms with van der Waals surface area (Å²) in [4.78, 5) is 0. The number of hydrogen-bond donors (Lipinski definition) is 0. The van der Waals surface area contributed by atoms with Crippen molar-refractivity contribution in [3.8, 4) is 11.5 Å². The van der Waals surface area contributed by atoms with Crippen molar-refractivity contribution in [2.75, 3.05) is 0 Å². The van der Waals surface area contributed by atoms with Gasteiger partial charge in [0.05, 0.1) is 0 Å². The van der Waals surface area contributed by atoms with Crippen LogP contribution in [0.5, 0.6) is 11.5 Å². The number of ether oxygens (including phenoxy) is 2. The van der Waals surface area contributed by atoms with Crippen LogP contribution in [0, 0.1) is 5.92 Å². The highest BCUT2D eigenvalue weighted by molar-refractivity contribution is 5.30. The Labute approximate surface area is 201 Å². The monoisotopic (exact) mass is 444 g/mol. The van der Waals surface area contributed by atoms with E-state index in [1.807, 2.05) is 60.7 Å². The molecule has 0 aliphatic heterocycles. The quantitative estimate of drug-likeness (QED) is 0.172. The van der Waals surface area contributed by atoms with Crippen LogP contribution in [0.15, 0.2) is 91.0 Å². The fourth-order valence-corrected chi connectivity index (χ4v) is 4.58. The summed E-state index contributed by atoms with van der Waals surface area (Å²) in [6.07, 6.45) is 10.9. The predicted octanol–water partition coefficient (Wildman–Crippen LogP) is 9.16. The molecule has 0 amide bonds. The number of benzene rings is 3. The average Bonchev–Trinajstić information content (AvgIpc) is 2.87. The zero-order valence-electron chi connectivity index (χ0n) is 20.4. The third kappa shape index (κ3) is 7.39. The van der Waals surface area contributed by atoms with E-state index in [1.54, 1.807) is 0 Å². The molecule has 0 heterocycles. The Bertz CT molecular complexity index is 835. The van der Waals surface area contributed by atoms with Gasteiger partial charge in [0.25, 0.3) is 5.79 Å². The van der Waals surface area contributed by atoms with Gasteiger partial charge in [-0.1, -0.05) is 126 Å². The number of unbranched alkanes of at least 4 members (excludes halogenated alkanes) is 5. The summed E-state index contributed by atoms with van der Waals surface area (Å²) in [5.41, 5.74) is 1.07. The second-order valence-corrected chi connectivity index (χ2v) is 8.91. The number of rotatable bonds is 15. The molecule has 1 atom stereocenters. The smallest absolute Gasteiger partial charge is 0.280 e. The van der Waals surface area contributed by atoms with E-state index >= 15 is 0 Å². The van der Waals surface area contributed by atoms with Crippen LogP contribution in [0.3, 0.4) is 0 Å². The van der Waals surface area contributed by atoms with Crippen molar-refractivity contribution in [1.82, 2.24) is 0 Å². The molecule has 3 aromatic carbocycles. The average molecular weight is 445 g/mol. The SMILES string of the molecule is CCCCCCCCC(CCC)C(Oc1ccccc1)(Oc1ccccc1)c1ccccc1. The number of para-hydroxylation sites is 2. The van der Waals surface area contributed by atoms with Crippen LogP contribution < -0.4 is 9.47 Å². The van der Waals surface area contributed by atoms with Gasteiger partial charge in [0.15, 0.2) is 0 Å². The summed E-state index contributed by atoms with van der Waals surface area (Å²) in [5, 5.41) is 0. The second kappa shape index (κ2) is 13.7. The molecular weight excluding hydrogens is 404 g/mol. The van der Waals surface area contributed by atoms with Crippen LogP contribution in [0.1, 0.15) is 77.2 Å². The van der Waals surface area contributed by atoms with E-state index in [2.05, 4.69) is 44.2 Å². The van der Waals surface area contributed by atoms with Gasteiger partial charge in [-0.05, 0) is 37.1 Å². The van der Waals surface area contributed by atoms with E-state index in [9.17, 15) is 0 Å². The van der Waals surface area contributed by atoms with Crippen LogP contribution in [0.2, 0.25) is 0 Å². The molecule has 3 aromatic rings. The van der Waals surface area contributed by atoms with Crippen molar-refractivity contribution in [2.24, 2.45) is 5.92 Å². The Morgan fingerprint density at radius 1 is 0.545 bits per heavy atom. The van der Waals surface area contributed by atoms with Gasteiger partial charge in [-0.25, -0.2) is 0 Å². The molecule has 0 aromatic heterocycles. The van der Waals surface area contributed by atoms with E-state index in [1.165, 1.54) is 38.5 Å². The molecule has 0 saturated carbocycles. The van der Waals surface area contributed by atoms with E-state index in [4.69, 9.17) is 9.47 Å². The van der Waals surface area contributed by atoms with Gasteiger partial charge in [0.2, 0.25) is 0 Å². The molecule has 0 bridgehead atoms. The van der Waals surface area contributed by atoms with Crippen molar-refractivity contribution in [3.05, 3.63) is 96.6 Å². The van der Waals surface area contributed by atoms with Crippen LogP contribution in [-0.2, 0) is 5.79 Å². The maximum atomic E-state index is 6.88. The molecule has 1 unspecified atom stereocenters. The molecule has 2 nitrogen and oxygen atoms in total. The van der Waals surface area contributed by atoms with Gasteiger partial charge in [-0.3, -0.25) is 0 Å². The van der Waals surface area contributed by atoms with Crippen LogP contribution >= 0.6 is 0 Å². The molecule has 0 aliphatic carbocycles. The molecule has 0 radical (unpaired) electrons. The molecular formula is C31H40O2. The highest BCUT2D eigenvalue weighted by Gasteiger charge is 2.45. The lowest BCUT2D eigenvalue weighted by Crippen LogP contribution is -2.46. The standard InChI is InChI=1S/C31H40O2/c1-3-5-6-7-8-12-20-27(19-4-2)31(28-21-13-9-14-22-28,32-29-23-15-10-16-24-29)33-30-25-17-11-18-26-30/h9-11,13-18,21-27H,3-8,12,19-20H2,1-2H3. The second-order valence-electron chi connectivity index (χ2n) is 8.91. The highest BCUT2D eigenvalue weighted by atomic mass is 16.7. The Morgan fingerprint density at radius 2 is 1.03 bits per heavy atom. The summed E-state index contributed by atoms with van der Waals surface area (Å²) in [7, 11) is 0. The maximum absolute atomic E-state index is 6.88. The van der Waals surface area contributed by atoms with E-state index in [0.29, 0.717) is 0 Å². The zero-order valence-corrected chi connectivity index (χ0v) is 20.4. The zero-order chi connectivity index (χ0) is 23.2. The highest BCUT2D eigenvalue weighted by Crippen LogP contribution is 2.42. The van der Waals surface area contributed by atoms with Crippen molar-refractivity contribution < 1.29 is 9.47 Å². The van der Waals surface area contributed by atoms with Gasteiger partial charge >= 0.3 is 0 Å². The van der Waals surface area contributed by atoms with Crippen molar-refractivity contribution in [2.45, 2.75) is 77.4 Å². The van der Waals surface area contributed by atoms with Gasteiger partial charge in [-0.15, -0.1) is 0 Å². The lowest BCUT2D eigenvalue weighted by molar-refractivity contribution is -0.170. The van der Waals surface area contributed by atoms with E-state index in [0.717, 1.165) is 36.3 Å². The first-order chi connectivity index (χ1) is 16.3. The van der Waals surface area contributed by atoms with Crippen LogP contribution in [0.4, 0.5) is 0 Å². The molecule has 2 heteroatoms. The van der Waals surface area contributed by atoms with Gasteiger partial charge in [-0.2, -0.15) is 0 Å². The number of hydrogen-bond acceptors (Lipinski definition) is 2. The van der Waals surface area contributed by atoms with Crippen molar-refractivity contribution in [1.29, 1.82) is 0 Å². The lowest BCUT2D eigenvalue weighted by atomic mass is 9.83. The topological polar surface area (TPSA) is 18.5 Å². The predicted molar refractivity (Wildman–Crippen MR) is 139 cm³/mol. The Balaban J connectivity index is 1.97. The molecule has 0 fully saturated rings. The normalized spacial score (nSPS) is 12.3. The summed E-state index contributed by atoms with van der Waals surface area (Å²) in [6, 6.07) is 30.8. The summed E-state index contributed by atoms with van der Waals surface area (Å²) < 4.78 is 13.8. The molecule has 0 N–H and O–H groups in total. The largest absolute Gasteiger partial charge is 0.448 e. The minimum absolute atomic E-state index is 0.233. The first kappa shape index (κ1) is 24.9. The van der Waals surface area contributed by atoms with Crippen molar-refractivity contribution >= 4 is 0 Å². The van der Waals surface area contributed by atoms with Crippen LogP contribution in [-0.4, -0.2) is 0 Å². The Kier molecular flexibility index (Phi) is 10.4. The van der Waals surface area contributed by atoms with Gasteiger partial charge in [0.1, 0.15) is 11.5 Å². The maximum Gasteiger partial charge on any atom is 0.280 e. The summed E-state index contributed by atoms with van der Waals surface area (Å²) >= 11 is 0. The molecule has 0 spiro atoms. The molecule has 0 aliphatic rings. The lowest BCUT2D eigenvalue weighted by Gasteiger charge is -2.41. The molecule has 33 heavy (non-hydrogen) atoms. The molecule has 176 valence electrons. The first-order valence-electron chi connectivity index (χ1n) is 12.8. The fraction of sp³-hybridized carbons (Fsp3) is 0.419. The minimum Gasteiger partial charge on any atom is -0.448 e.